The zero-order chi connectivity index (χ0) is 29.1. The Bertz CT molecular complexity index is 1520. The summed E-state index contributed by atoms with van der Waals surface area (Å²) in [6.07, 6.45) is 13.1. The molecule has 0 spiro atoms. The number of nitrogens with zero attached hydrogens (tertiary/aromatic N) is 3. The maximum absolute atomic E-state index is 12.6. The van der Waals surface area contributed by atoms with Crippen LogP contribution in [0.5, 0.6) is 11.5 Å². The molecule has 3 saturated carbocycles. The number of fused-ring (bicyclic) bond motifs is 1. The second kappa shape index (κ2) is 10.1. The highest BCUT2D eigenvalue weighted by Gasteiger charge is 2.68. The van der Waals surface area contributed by atoms with Gasteiger partial charge in [-0.3, -0.25) is 4.90 Å². The quantitative estimate of drug-likeness (QED) is 0.226. The van der Waals surface area contributed by atoms with E-state index in [-0.39, 0.29) is 0 Å². The number of hydrogen-bond acceptors (Lipinski definition) is 6. The second-order valence-corrected chi connectivity index (χ2v) is 14.2. The van der Waals surface area contributed by atoms with Gasteiger partial charge in [-0.05, 0) is 79.0 Å². The summed E-state index contributed by atoms with van der Waals surface area (Å²) in [5.41, 5.74) is 7.55. The Morgan fingerprint density at radius 1 is 1.07 bits per heavy atom. The maximum atomic E-state index is 12.6. The fourth-order valence-electron chi connectivity index (χ4n) is 8.37. The minimum atomic E-state index is -0.412. The monoisotopic (exact) mass is 568 g/mol. The minimum Gasteiger partial charge on any atom is -0.465 e. The summed E-state index contributed by atoms with van der Waals surface area (Å²) in [6.45, 7) is 12.4. The number of piperazine rings is 1. The van der Waals surface area contributed by atoms with Gasteiger partial charge in [-0.25, -0.2) is 9.78 Å². The summed E-state index contributed by atoms with van der Waals surface area (Å²) >= 11 is 0. The number of carbonyl (C=O) groups excluding carboxylic acids is 1. The number of carbonyl (C=O) groups is 1. The van der Waals surface area contributed by atoms with E-state index < -0.39 is 5.97 Å². The maximum Gasteiger partial charge on any atom is 0.341 e. The first-order valence-corrected chi connectivity index (χ1v) is 15.7. The lowest BCUT2D eigenvalue weighted by molar-refractivity contribution is -0.182. The normalized spacial score (nSPS) is 27.0. The number of anilines is 1. The van der Waals surface area contributed by atoms with Crippen LogP contribution in [0.4, 0.5) is 5.69 Å². The minimum absolute atomic E-state index is 0.409. The first kappa shape index (κ1) is 27.5. The highest BCUT2D eigenvalue weighted by molar-refractivity contribution is 5.93. The number of allylic oxidation sites excluding steroid dienone is 1. The van der Waals surface area contributed by atoms with Gasteiger partial charge in [0.25, 0.3) is 0 Å². The number of nitrogens with one attached hydrogen (secondary N) is 1. The first-order chi connectivity index (χ1) is 20.2. The van der Waals surface area contributed by atoms with Gasteiger partial charge in [-0.1, -0.05) is 38.3 Å². The Balaban J connectivity index is 1.05. The number of pyridine rings is 1. The molecule has 2 bridgehead atoms. The average Bonchev–Trinajstić information content (AvgIpc) is 3.41. The van der Waals surface area contributed by atoms with Crippen molar-refractivity contribution >= 4 is 22.7 Å². The van der Waals surface area contributed by atoms with Crippen LogP contribution in [-0.4, -0.2) is 60.7 Å². The number of ether oxygens (including phenoxy) is 2. The zero-order valence-electron chi connectivity index (χ0n) is 25.6. The molecule has 5 aliphatic rings. The number of methoxy groups -OCH3 is 1. The molecule has 0 radical (unpaired) electrons. The van der Waals surface area contributed by atoms with Crippen molar-refractivity contribution in [3.05, 3.63) is 59.4 Å². The number of rotatable bonds is 8. The van der Waals surface area contributed by atoms with E-state index in [4.69, 9.17) is 9.47 Å². The molecule has 8 rings (SSSR count). The highest BCUT2D eigenvalue weighted by atomic mass is 16.5. The Morgan fingerprint density at radius 3 is 2.60 bits per heavy atom. The fraction of sp³-hybridized carbons (Fsp3) is 0.543. The van der Waals surface area contributed by atoms with Gasteiger partial charge in [-0.2, -0.15) is 0 Å². The van der Waals surface area contributed by atoms with Crippen LogP contribution in [0.2, 0.25) is 0 Å². The molecular formula is C35H44N4O3. The van der Waals surface area contributed by atoms with E-state index in [2.05, 4.69) is 40.5 Å². The van der Waals surface area contributed by atoms with E-state index in [1.807, 2.05) is 42.1 Å². The largest absolute Gasteiger partial charge is 0.465 e. The van der Waals surface area contributed by atoms with Crippen LogP contribution in [0, 0.1) is 16.2 Å². The molecule has 7 nitrogen and oxygen atoms in total. The molecule has 0 amide bonds. The molecule has 7 heteroatoms. The molecule has 0 unspecified atom stereocenters. The van der Waals surface area contributed by atoms with Crippen molar-refractivity contribution in [3.63, 3.8) is 0 Å². The molecule has 3 aromatic rings. The van der Waals surface area contributed by atoms with Crippen LogP contribution in [-0.2, 0) is 4.74 Å². The molecular weight excluding hydrogens is 524 g/mol. The van der Waals surface area contributed by atoms with Crippen molar-refractivity contribution in [1.82, 2.24) is 14.9 Å². The van der Waals surface area contributed by atoms with Crippen molar-refractivity contribution in [2.75, 3.05) is 44.7 Å². The van der Waals surface area contributed by atoms with Crippen molar-refractivity contribution in [2.45, 2.75) is 65.7 Å². The molecule has 0 atom stereocenters. The van der Waals surface area contributed by atoms with E-state index in [9.17, 15) is 4.79 Å². The second-order valence-electron chi connectivity index (χ2n) is 14.2. The van der Waals surface area contributed by atoms with Gasteiger partial charge in [0.1, 0.15) is 22.7 Å². The summed E-state index contributed by atoms with van der Waals surface area (Å²) in [4.78, 5) is 25.2. The molecule has 42 heavy (non-hydrogen) atoms. The Morgan fingerprint density at radius 2 is 1.86 bits per heavy atom. The van der Waals surface area contributed by atoms with Gasteiger partial charge >= 0.3 is 5.97 Å². The Hall–Kier alpha value is -3.32. The third-order valence-corrected chi connectivity index (χ3v) is 10.8. The third-order valence-electron chi connectivity index (χ3n) is 10.8. The predicted octanol–water partition coefficient (Wildman–Crippen LogP) is 7.35. The molecule has 1 aliphatic heterocycles. The molecule has 1 saturated heterocycles. The van der Waals surface area contributed by atoms with Gasteiger partial charge in [0.05, 0.1) is 13.3 Å². The van der Waals surface area contributed by atoms with Gasteiger partial charge in [0.15, 0.2) is 0 Å². The zero-order valence-corrected chi connectivity index (χ0v) is 25.6. The predicted molar refractivity (Wildman–Crippen MR) is 166 cm³/mol. The van der Waals surface area contributed by atoms with Gasteiger partial charge in [0, 0.05) is 56.1 Å². The molecule has 1 aromatic carbocycles. The number of aromatic nitrogens is 2. The van der Waals surface area contributed by atoms with Gasteiger partial charge in [0.2, 0.25) is 0 Å². The summed E-state index contributed by atoms with van der Waals surface area (Å²) in [6, 6.07) is 9.68. The van der Waals surface area contributed by atoms with Crippen molar-refractivity contribution in [2.24, 2.45) is 16.2 Å². The number of H-pyrrole nitrogens is 1. The van der Waals surface area contributed by atoms with Crippen LogP contribution in [0.15, 0.2) is 53.9 Å². The van der Waals surface area contributed by atoms with Crippen molar-refractivity contribution < 1.29 is 14.3 Å². The van der Waals surface area contributed by atoms with E-state index in [0.29, 0.717) is 33.3 Å². The summed E-state index contributed by atoms with van der Waals surface area (Å²) in [7, 11) is 1.40. The lowest BCUT2D eigenvalue weighted by Gasteiger charge is -2.73. The Labute approximate surface area is 249 Å². The molecule has 4 fully saturated rings. The highest BCUT2D eigenvalue weighted by Crippen LogP contribution is 2.79. The van der Waals surface area contributed by atoms with Crippen molar-refractivity contribution in [1.29, 1.82) is 0 Å². The summed E-state index contributed by atoms with van der Waals surface area (Å²) in [5.74, 6) is 0.661. The smallest absolute Gasteiger partial charge is 0.341 e. The lowest BCUT2D eigenvalue weighted by atomic mass is 9.31. The van der Waals surface area contributed by atoms with Crippen LogP contribution in [0.25, 0.3) is 11.0 Å². The SMILES string of the molecule is CCC12CC(C3=C(CN4CCN(c5ccc(C(=O)OC)c(Oc6cnc7[nH]ccc7c6)c5)CC4)CCC(C)(C)C3)(C1)C2. The average molecular weight is 569 g/mol. The molecule has 2 aromatic heterocycles. The first-order valence-electron chi connectivity index (χ1n) is 15.7. The Kier molecular flexibility index (Phi) is 6.65. The molecule has 4 aliphatic carbocycles. The van der Waals surface area contributed by atoms with Crippen LogP contribution < -0.4 is 9.64 Å². The topological polar surface area (TPSA) is 70.7 Å². The van der Waals surface area contributed by atoms with Gasteiger partial charge < -0.3 is 19.4 Å². The molecule has 1 N–H and O–H groups in total. The van der Waals surface area contributed by atoms with E-state index in [1.165, 1.54) is 52.1 Å². The van der Waals surface area contributed by atoms with E-state index >= 15 is 0 Å². The fourth-order valence-corrected chi connectivity index (χ4v) is 8.37. The number of aromatic amines is 1. The standard InChI is InChI=1S/C35H44N4O3/c1-5-34-21-35(22-34,23-34)29-18-33(2,3)10-8-25(29)20-38-12-14-39(15-13-38)26-6-7-28(32(40)41-4)30(17-26)42-27-16-24-9-11-36-31(24)37-19-27/h6-7,9,11,16-17,19H,5,8,10,12-15,18,20-23H2,1-4H3,(H,36,37). The van der Waals surface area contributed by atoms with Crippen LogP contribution >= 0.6 is 0 Å². The lowest BCUT2D eigenvalue weighted by Crippen LogP contribution is -2.63. The summed E-state index contributed by atoms with van der Waals surface area (Å²) < 4.78 is 11.3. The third kappa shape index (κ3) is 4.80. The van der Waals surface area contributed by atoms with E-state index in [1.54, 1.807) is 11.8 Å². The number of esters is 1. The van der Waals surface area contributed by atoms with Crippen molar-refractivity contribution in [3.8, 4) is 11.5 Å². The molecule has 222 valence electrons. The van der Waals surface area contributed by atoms with E-state index in [0.717, 1.165) is 49.4 Å². The van der Waals surface area contributed by atoms with Gasteiger partial charge in [-0.15, -0.1) is 0 Å². The summed E-state index contributed by atoms with van der Waals surface area (Å²) in [5, 5.41) is 0.957. The van der Waals surface area contributed by atoms with Crippen LogP contribution in [0.1, 0.15) is 76.1 Å². The van der Waals surface area contributed by atoms with Crippen LogP contribution in [0.3, 0.4) is 0 Å². The number of benzene rings is 1. The number of hydrogen-bond donors (Lipinski definition) is 1. The molecule has 3 heterocycles.